The summed E-state index contributed by atoms with van der Waals surface area (Å²) < 4.78 is 57.7. The first kappa shape index (κ1) is 53.7. The maximum atomic E-state index is 12.5. The summed E-state index contributed by atoms with van der Waals surface area (Å²) in [4.78, 5) is 12.5. The molecule has 0 aromatic carbocycles. The van der Waals surface area contributed by atoms with E-state index in [2.05, 4.69) is 25.0 Å². The van der Waals surface area contributed by atoms with E-state index in [0.717, 1.165) is 0 Å². The van der Waals surface area contributed by atoms with Crippen molar-refractivity contribution in [3.05, 3.63) is 0 Å². The minimum Gasteiger partial charge on any atom is -0.394 e. The lowest BCUT2D eigenvalue weighted by molar-refractivity contribution is -0.392. The molecule has 5 fully saturated rings. The smallest absolute Gasteiger partial charge is 0.217 e. The molecular weight excluding hydrogens is 886 g/mol. The standard InChI is InChI=1S/C37H67NO25Si/c1-12-19(43)31(62-35-28(52)25(49)22(46)17(60-35)11-55-34-27(51)24(48)20(44)14(8-39)58-34)29(53)36(56-12)63-32-26(50)21(45)15(9-40)59-37(32)61-30-18(38-13(2)42)33(54-6-7-64(3,4)5)57-16(10-41)23(30)47/h12,14-37,39-41,43-53H,6-11H2,1-5H3,(H,38,42)/t12-,14+,15+,16+,17+,18+,19+,20-,21-,22-,23+,24-,25-,26-,27+,28+,29-,30+,31+,32+,33+,34-,35+,36-,37-/m0/s1. The summed E-state index contributed by atoms with van der Waals surface area (Å²) >= 11 is 0. The van der Waals surface area contributed by atoms with Crippen LogP contribution in [0.3, 0.4) is 0 Å². The molecule has 0 unspecified atom stereocenters. The number of rotatable bonds is 17. The summed E-state index contributed by atoms with van der Waals surface area (Å²) in [7, 11) is -1.65. The first-order chi connectivity index (χ1) is 30.0. The van der Waals surface area contributed by atoms with Gasteiger partial charge in [0.25, 0.3) is 0 Å². The minimum atomic E-state index is -2.07. The lowest BCUT2D eigenvalue weighted by Gasteiger charge is -2.50. The summed E-state index contributed by atoms with van der Waals surface area (Å²) in [5.74, 6) is -0.601. The highest BCUT2D eigenvalue weighted by molar-refractivity contribution is 6.76. The van der Waals surface area contributed by atoms with Crippen LogP contribution in [0.4, 0.5) is 0 Å². The summed E-state index contributed by atoms with van der Waals surface area (Å²) in [6.45, 7) is 5.89. The molecule has 0 aromatic rings. The van der Waals surface area contributed by atoms with E-state index in [1.54, 1.807) is 0 Å². The van der Waals surface area contributed by atoms with Crippen molar-refractivity contribution >= 4 is 14.0 Å². The van der Waals surface area contributed by atoms with E-state index >= 15 is 0 Å². The van der Waals surface area contributed by atoms with E-state index in [1.165, 1.54) is 13.8 Å². The average Bonchev–Trinajstić information content (AvgIpc) is 3.24. The molecule has 374 valence electrons. The Labute approximate surface area is 368 Å². The molecule has 0 aromatic heterocycles. The zero-order valence-corrected chi connectivity index (χ0v) is 36.9. The highest BCUT2D eigenvalue weighted by Gasteiger charge is 2.56. The minimum absolute atomic E-state index is 0.170. The third-order valence-electron chi connectivity index (χ3n) is 11.8. The van der Waals surface area contributed by atoms with Crippen LogP contribution in [0.1, 0.15) is 13.8 Å². The zero-order chi connectivity index (χ0) is 47.5. The Balaban J connectivity index is 1.35. The SMILES string of the molecule is CC(=O)N[C@H]1[C@H](OCC[Si](C)(C)C)O[C@H](CO)[C@@H](O)[C@@H]1O[C@@H]1O[C@H](CO)[C@H](O)[C@H](O)[C@H]1O[C@@H]1O[C@@H](C)[C@@H](O)[C@@H](O[C@H]2O[C@H](CO[C@H]3O[C@H](CO)[C@H](O)[C@H](O)[C@H]3O)[C@H](O)[C@H](O)[C@H]2O)[C@@H]1O. The lowest BCUT2D eigenvalue weighted by atomic mass is 9.95. The first-order valence-electron chi connectivity index (χ1n) is 21.1. The molecule has 5 aliphatic heterocycles. The fourth-order valence-corrected chi connectivity index (χ4v) is 8.58. The van der Waals surface area contributed by atoms with Gasteiger partial charge in [0.2, 0.25) is 5.91 Å². The lowest BCUT2D eigenvalue weighted by Crippen LogP contribution is -2.69. The number of hydrogen-bond acceptors (Lipinski definition) is 25. The summed E-state index contributed by atoms with van der Waals surface area (Å²) in [6.07, 6.45) is -41.6. The molecule has 26 nitrogen and oxygen atoms in total. The van der Waals surface area contributed by atoms with Crippen molar-refractivity contribution in [1.82, 2.24) is 5.32 Å². The molecule has 5 saturated heterocycles. The van der Waals surface area contributed by atoms with Gasteiger partial charge in [-0.3, -0.25) is 4.79 Å². The Bertz CT molecular complexity index is 1450. The van der Waals surface area contributed by atoms with Gasteiger partial charge in [-0.15, -0.1) is 0 Å². The molecule has 5 rings (SSSR count). The maximum absolute atomic E-state index is 12.5. The second-order valence-electron chi connectivity index (χ2n) is 17.9. The molecule has 1 amide bonds. The fraction of sp³-hybridized carbons (Fsp3) is 0.973. The molecule has 0 spiro atoms. The van der Waals surface area contributed by atoms with Crippen LogP contribution in [0.15, 0.2) is 0 Å². The van der Waals surface area contributed by atoms with E-state index in [9.17, 15) is 76.3 Å². The Morgan fingerprint density at radius 1 is 0.500 bits per heavy atom. The Morgan fingerprint density at radius 3 is 1.55 bits per heavy atom. The van der Waals surface area contributed by atoms with Crippen molar-refractivity contribution in [2.24, 2.45) is 0 Å². The number of ether oxygens (including phenoxy) is 10. The van der Waals surface area contributed by atoms with Crippen molar-refractivity contribution < 1.29 is 124 Å². The predicted octanol–water partition coefficient (Wildman–Crippen LogP) is -8.39. The fourth-order valence-electron chi connectivity index (χ4n) is 7.85. The molecule has 0 aliphatic carbocycles. The number of nitrogens with one attached hydrogen (secondary N) is 1. The van der Waals surface area contributed by atoms with E-state index in [-0.39, 0.29) is 6.61 Å². The number of amides is 1. The first-order valence-corrected chi connectivity index (χ1v) is 24.8. The van der Waals surface area contributed by atoms with E-state index in [1.807, 2.05) is 0 Å². The van der Waals surface area contributed by atoms with Crippen LogP contribution in [-0.4, -0.2) is 272 Å². The van der Waals surface area contributed by atoms with Gasteiger partial charge in [0.15, 0.2) is 31.5 Å². The van der Waals surface area contributed by atoms with Gasteiger partial charge in [0, 0.05) is 21.6 Å². The zero-order valence-electron chi connectivity index (χ0n) is 35.9. The van der Waals surface area contributed by atoms with Crippen molar-refractivity contribution in [3.63, 3.8) is 0 Å². The third kappa shape index (κ3) is 12.3. The molecule has 0 saturated carbocycles. The van der Waals surface area contributed by atoms with E-state index in [4.69, 9.17) is 47.4 Å². The van der Waals surface area contributed by atoms with Crippen LogP contribution in [0, 0.1) is 0 Å². The van der Waals surface area contributed by atoms with Crippen LogP contribution in [0.25, 0.3) is 0 Å². The van der Waals surface area contributed by atoms with Gasteiger partial charge in [-0.2, -0.15) is 0 Å². The molecule has 0 bridgehead atoms. The molecule has 27 heteroatoms. The molecular formula is C37H67NO25Si. The Hall–Kier alpha value is -1.27. The van der Waals surface area contributed by atoms with Crippen LogP contribution < -0.4 is 5.32 Å². The van der Waals surface area contributed by atoms with Gasteiger partial charge in [0.05, 0.1) is 32.5 Å². The van der Waals surface area contributed by atoms with Gasteiger partial charge < -0.3 is 124 Å². The van der Waals surface area contributed by atoms with Crippen LogP contribution in [0.5, 0.6) is 0 Å². The van der Waals surface area contributed by atoms with Crippen molar-refractivity contribution in [2.45, 2.75) is 193 Å². The summed E-state index contributed by atoms with van der Waals surface area (Å²) in [5.41, 5.74) is 0. The Morgan fingerprint density at radius 2 is 0.969 bits per heavy atom. The van der Waals surface area contributed by atoms with Crippen LogP contribution in [-0.2, 0) is 52.2 Å². The number of aliphatic hydroxyl groups is 14. The topological polar surface area (TPSA) is 405 Å². The molecule has 5 heterocycles. The second-order valence-corrected chi connectivity index (χ2v) is 23.5. The van der Waals surface area contributed by atoms with Gasteiger partial charge in [-0.1, -0.05) is 19.6 Å². The molecule has 64 heavy (non-hydrogen) atoms. The van der Waals surface area contributed by atoms with Gasteiger partial charge in [-0.25, -0.2) is 0 Å². The largest absolute Gasteiger partial charge is 0.394 e. The predicted molar refractivity (Wildman–Crippen MR) is 209 cm³/mol. The average molecular weight is 954 g/mol. The normalized spacial score (nSPS) is 48.2. The molecule has 25 atom stereocenters. The molecule has 5 aliphatic rings. The highest BCUT2D eigenvalue weighted by atomic mass is 28.3. The highest BCUT2D eigenvalue weighted by Crippen LogP contribution is 2.35. The van der Waals surface area contributed by atoms with Gasteiger partial charge >= 0.3 is 0 Å². The second kappa shape index (κ2) is 22.9. The summed E-state index contributed by atoms with van der Waals surface area (Å²) in [6, 6.07) is -0.623. The van der Waals surface area contributed by atoms with Crippen molar-refractivity contribution in [1.29, 1.82) is 0 Å². The van der Waals surface area contributed by atoms with Crippen molar-refractivity contribution in [2.75, 3.05) is 33.0 Å². The van der Waals surface area contributed by atoms with Gasteiger partial charge in [-0.05, 0) is 13.0 Å². The monoisotopic (exact) mass is 953 g/mol. The summed E-state index contributed by atoms with van der Waals surface area (Å²) in [5, 5.41) is 152. The van der Waals surface area contributed by atoms with E-state index in [0.29, 0.717) is 6.04 Å². The van der Waals surface area contributed by atoms with E-state index < -0.39 is 194 Å². The van der Waals surface area contributed by atoms with Crippen LogP contribution >= 0.6 is 0 Å². The van der Waals surface area contributed by atoms with Crippen molar-refractivity contribution in [3.8, 4) is 0 Å². The van der Waals surface area contributed by atoms with Gasteiger partial charge in [0.1, 0.15) is 116 Å². The number of carbonyl (C=O) groups excluding carboxylic acids is 1. The number of aliphatic hydroxyl groups excluding tert-OH is 14. The number of carbonyl (C=O) groups is 1. The molecule has 0 radical (unpaired) electrons. The van der Waals surface area contributed by atoms with Crippen LogP contribution in [0.2, 0.25) is 25.7 Å². The number of hydrogen-bond donors (Lipinski definition) is 15. The third-order valence-corrected chi connectivity index (χ3v) is 13.5. The molecule has 15 N–H and O–H groups in total. The quantitative estimate of drug-likeness (QED) is 0.0602. The maximum Gasteiger partial charge on any atom is 0.217 e. The Kier molecular flexibility index (Phi) is 19.2.